The van der Waals surface area contributed by atoms with Crippen LogP contribution in [0, 0.1) is 0 Å². The van der Waals surface area contributed by atoms with E-state index < -0.39 is 8.07 Å². The molecule has 0 amide bonds. The minimum absolute atomic E-state index is 0.0569. The highest BCUT2D eigenvalue weighted by Gasteiger charge is 2.39. The molecule has 0 saturated carbocycles. The summed E-state index contributed by atoms with van der Waals surface area (Å²) < 4.78 is 0. The molecule has 0 radical (unpaired) electrons. The molecule has 0 spiro atoms. The van der Waals surface area contributed by atoms with Crippen molar-refractivity contribution >= 4 is 70.0 Å². The van der Waals surface area contributed by atoms with Crippen LogP contribution in [0.4, 0.5) is 0 Å². The molecule has 334 valence electrons. The fourth-order valence-corrected chi connectivity index (χ4v) is 13.5. The molecule has 2 aliphatic heterocycles. The Morgan fingerprint density at radius 1 is 0.379 bits per heavy atom. The van der Waals surface area contributed by atoms with E-state index in [9.17, 15) is 0 Å². The lowest BCUT2D eigenvalue weighted by Crippen LogP contribution is -2.66. The number of hydrogen-bond acceptors (Lipinski definition) is 2. The summed E-state index contributed by atoms with van der Waals surface area (Å²) in [6.07, 6.45) is 8.99. The lowest BCUT2D eigenvalue weighted by Gasteiger charge is -2.30. The van der Waals surface area contributed by atoms with Crippen molar-refractivity contribution in [2.75, 3.05) is 0 Å². The van der Waals surface area contributed by atoms with Gasteiger partial charge in [-0.15, -0.1) is 0 Å². The second kappa shape index (κ2) is 16.2. The van der Waals surface area contributed by atoms with Gasteiger partial charge in [0.1, 0.15) is 0 Å². The average Bonchev–Trinajstić information content (AvgIpc) is 4.11. The predicted molar refractivity (Wildman–Crippen MR) is 288 cm³/mol. The van der Waals surface area contributed by atoms with Crippen molar-refractivity contribution in [1.29, 1.82) is 0 Å². The maximum absolute atomic E-state index is 5.79. The number of fused-ring (bicyclic) bond motifs is 8. The molecule has 66 heavy (non-hydrogen) atoms. The molecule has 0 unspecified atom stereocenters. The van der Waals surface area contributed by atoms with Gasteiger partial charge < -0.3 is 9.97 Å². The predicted octanol–water partition coefficient (Wildman–Crippen LogP) is 14.3. The highest BCUT2D eigenvalue weighted by molar-refractivity contribution is 7.11. The molecule has 5 heterocycles. The summed E-state index contributed by atoms with van der Waals surface area (Å²) >= 11 is 0. The van der Waals surface area contributed by atoms with Crippen LogP contribution in [0.5, 0.6) is 0 Å². The molecule has 2 aliphatic rings. The van der Waals surface area contributed by atoms with Gasteiger partial charge in [0, 0.05) is 38.4 Å². The first kappa shape index (κ1) is 44.9. The number of hydrogen-bond donors (Lipinski definition) is 2. The van der Waals surface area contributed by atoms with Crippen molar-refractivity contribution in [2.24, 2.45) is 0 Å². The quantitative estimate of drug-likeness (QED) is 0.169. The minimum atomic E-state index is -2.83. The van der Waals surface area contributed by atoms with Crippen molar-refractivity contribution in [3.8, 4) is 22.3 Å². The lowest BCUT2D eigenvalue weighted by molar-refractivity contribution is 0.568. The van der Waals surface area contributed by atoms with Crippen molar-refractivity contribution < 1.29 is 0 Å². The summed E-state index contributed by atoms with van der Waals surface area (Å²) in [5.41, 5.74) is 17.3. The monoisotopic (exact) mass is 883 g/mol. The van der Waals surface area contributed by atoms with E-state index in [4.69, 9.17) is 9.97 Å². The summed E-state index contributed by atoms with van der Waals surface area (Å²) in [4.78, 5) is 19.3. The zero-order valence-electron chi connectivity index (χ0n) is 41.3. The molecule has 7 aromatic rings. The van der Waals surface area contributed by atoms with Crippen LogP contribution in [0.2, 0.25) is 6.55 Å². The van der Waals surface area contributed by atoms with Crippen LogP contribution in [0.3, 0.4) is 0 Å². The Balaban J connectivity index is 1.48. The van der Waals surface area contributed by atoms with E-state index >= 15 is 0 Å². The van der Waals surface area contributed by atoms with Crippen molar-refractivity contribution in [3.05, 3.63) is 172 Å². The van der Waals surface area contributed by atoms with E-state index in [2.05, 4.69) is 251 Å². The first-order valence-corrected chi connectivity index (χ1v) is 26.1. The number of nitrogens with one attached hydrogen (secondary N) is 2. The molecule has 4 nitrogen and oxygen atoms in total. The maximum atomic E-state index is 5.79. The summed E-state index contributed by atoms with van der Waals surface area (Å²) in [5.74, 6) is 0. The molecule has 2 N–H and O–H groups in total. The van der Waals surface area contributed by atoms with Crippen molar-refractivity contribution in [2.45, 2.75) is 111 Å². The summed E-state index contributed by atoms with van der Waals surface area (Å²) in [7, 11) is -2.83. The zero-order valence-corrected chi connectivity index (χ0v) is 42.3. The number of aromatic amines is 2. The van der Waals surface area contributed by atoms with Crippen LogP contribution in [-0.2, 0) is 21.7 Å². The molecule has 8 bridgehead atoms. The second-order valence-corrected chi connectivity index (χ2v) is 26.7. The van der Waals surface area contributed by atoms with E-state index in [0.717, 1.165) is 67.1 Å². The smallest absolute Gasteiger partial charge is 0.151 e. The molecule has 5 heteroatoms. The molecular weight excluding hydrogens is 817 g/mol. The van der Waals surface area contributed by atoms with E-state index in [1.165, 1.54) is 37.8 Å². The van der Waals surface area contributed by atoms with Crippen molar-refractivity contribution in [3.63, 3.8) is 0 Å². The molecular formula is C61H66N4Si. The Hall–Kier alpha value is -6.30. The van der Waals surface area contributed by atoms with Crippen LogP contribution in [0.1, 0.15) is 128 Å². The number of nitrogens with zero attached hydrogens (tertiary/aromatic N) is 2. The highest BCUT2D eigenvalue weighted by atomic mass is 28.3. The normalized spacial score (nSPS) is 13.4. The Labute approximate surface area is 394 Å². The average molecular weight is 883 g/mol. The van der Waals surface area contributed by atoms with E-state index in [-0.39, 0.29) is 21.7 Å². The van der Waals surface area contributed by atoms with Crippen molar-refractivity contribution in [1.82, 2.24) is 19.9 Å². The van der Waals surface area contributed by atoms with Crippen LogP contribution in [0.25, 0.3) is 68.6 Å². The number of aromatic nitrogens is 4. The molecule has 0 fully saturated rings. The zero-order chi connectivity index (χ0) is 47.0. The van der Waals surface area contributed by atoms with Crippen LogP contribution in [0.15, 0.2) is 127 Å². The first-order valence-electron chi connectivity index (χ1n) is 23.6. The highest BCUT2D eigenvalue weighted by Crippen LogP contribution is 2.40. The van der Waals surface area contributed by atoms with E-state index in [1.807, 2.05) is 0 Å². The molecule has 0 saturated heterocycles. The van der Waals surface area contributed by atoms with Crippen LogP contribution < -0.4 is 15.6 Å². The topological polar surface area (TPSA) is 57.4 Å². The largest absolute Gasteiger partial charge is 0.355 e. The fraction of sp³-hybridized carbons (Fsp3) is 0.279. The van der Waals surface area contributed by atoms with Crippen LogP contribution >= 0.6 is 0 Å². The summed E-state index contributed by atoms with van der Waals surface area (Å²) in [6, 6.07) is 47.6. The Kier molecular flexibility index (Phi) is 11.0. The third kappa shape index (κ3) is 8.50. The Morgan fingerprint density at radius 2 is 0.712 bits per heavy atom. The van der Waals surface area contributed by atoms with Gasteiger partial charge in [-0.2, -0.15) is 0 Å². The van der Waals surface area contributed by atoms with Gasteiger partial charge >= 0.3 is 0 Å². The van der Waals surface area contributed by atoms with Gasteiger partial charge in [-0.25, -0.2) is 9.97 Å². The first-order chi connectivity index (χ1) is 31.1. The van der Waals surface area contributed by atoms with Gasteiger partial charge in [-0.05, 0) is 120 Å². The molecule has 0 atom stereocenters. The molecule has 9 rings (SSSR count). The lowest BCUT2D eigenvalue weighted by atomic mass is 9.78. The van der Waals surface area contributed by atoms with E-state index in [0.29, 0.717) is 0 Å². The third-order valence-corrected chi connectivity index (χ3v) is 18.2. The van der Waals surface area contributed by atoms with Gasteiger partial charge in [0.25, 0.3) is 0 Å². The Bertz CT molecular complexity index is 2950. The van der Waals surface area contributed by atoms with E-state index in [1.54, 1.807) is 0 Å². The SMILES string of the molecule is CC(C)(C)c1cc(-c2c3nc(c([Si](C)(c4ccccc4)c4ccccc4)c4nc(c(-c5cc(C(C)(C)C)cc(C(C)(C)C)c5)c5ccc(cc6ccc2[nH]6)[nH]5)C=C4)C=C3)cc(C(C)(C)C)c1. The molecule has 4 aromatic carbocycles. The number of H-pyrrole nitrogens is 2. The minimum Gasteiger partial charge on any atom is -0.355 e. The maximum Gasteiger partial charge on any atom is 0.151 e. The van der Waals surface area contributed by atoms with Crippen LogP contribution in [-0.4, -0.2) is 28.0 Å². The molecule has 3 aromatic heterocycles. The second-order valence-electron chi connectivity index (χ2n) is 22.8. The summed E-state index contributed by atoms with van der Waals surface area (Å²) in [5, 5.41) is 3.80. The van der Waals surface area contributed by atoms with Gasteiger partial charge in [-0.1, -0.05) is 187 Å². The van der Waals surface area contributed by atoms with Gasteiger partial charge in [0.05, 0.1) is 22.8 Å². The number of rotatable bonds is 5. The number of benzene rings is 4. The van der Waals surface area contributed by atoms with Gasteiger partial charge in [0.2, 0.25) is 0 Å². The molecule has 0 aliphatic carbocycles. The Morgan fingerprint density at radius 3 is 1.05 bits per heavy atom. The standard InChI is InChI=1S/C61H66N4Si/c1-58(2,3)41-32-39(33-42(36-41)59(4,5)6)55-49-26-24-45(62-49)38-46-25-27-50(63-46)56(40-34-43(60(7,8)9)37-44(35-40)61(10,11)12)52-29-31-54(65-52)57(53-30-28-51(55)64-53)66(13,47-20-16-14-17-21-47)48-22-18-15-19-23-48/h14-38,62-63H,1-13H3. The van der Waals surface area contributed by atoms with Gasteiger partial charge in [0.15, 0.2) is 8.07 Å². The third-order valence-electron chi connectivity index (χ3n) is 13.7. The summed E-state index contributed by atoms with van der Waals surface area (Å²) in [6.45, 7) is 30.2. The van der Waals surface area contributed by atoms with Gasteiger partial charge in [-0.3, -0.25) is 0 Å². The fourth-order valence-electron chi connectivity index (χ4n) is 9.53.